The number of hydrogen-bond acceptors (Lipinski definition) is 6. The number of hydrogen-bond donors (Lipinski definition) is 2. The van der Waals surface area contributed by atoms with Gasteiger partial charge in [-0.25, -0.2) is 4.98 Å². The van der Waals surface area contributed by atoms with E-state index in [9.17, 15) is 9.59 Å². The third kappa shape index (κ3) is 2.98. The molecule has 2 N–H and O–H groups in total. The molecule has 3 fully saturated rings. The maximum absolute atomic E-state index is 12.8. The summed E-state index contributed by atoms with van der Waals surface area (Å²) in [5, 5.41) is 7.22. The van der Waals surface area contributed by atoms with Gasteiger partial charge in [-0.3, -0.25) is 9.59 Å². The molecule has 0 aromatic carbocycles. The third-order valence-electron chi connectivity index (χ3n) is 5.84. The average Bonchev–Trinajstić information content (AvgIpc) is 3.43. The van der Waals surface area contributed by atoms with E-state index in [1.165, 1.54) is 18.9 Å². The fourth-order valence-electron chi connectivity index (χ4n) is 4.39. The number of nitrogens with one attached hydrogen (secondary N) is 2. The van der Waals surface area contributed by atoms with Crippen molar-refractivity contribution in [1.29, 1.82) is 0 Å². The van der Waals surface area contributed by atoms with Gasteiger partial charge in [0, 0.05) is 36.6 Å². The molecule has 2 aromatic heterocycles. The molecule has 0 radical (unpaired) electrons. The zero-order valence-electron chi connectivity index (χ0n) is 14.9. The maximum atomic E-state index is 12.8. The molecule has 8 nitrogen and oxygen atoms in total. The molecule has 2 amide bonds. The number of amides is 2. The van der Waals surface area contributed by atoms with Crippen LogP contribution in [-0.2, 0) is 4.74 Å². The topological polar surface area (TPSA) is 96.7 Å². The third-order valence-corrected chi connectivity index (χ3v) is 5.84. The summed E-state index contributed by atoms with van der Waals surface area (Å²) >= 11 is 0. The summed E-state index contributed by atoms with van der Waals surface area (Å²) in [4.78, 5) is 31.5. The highest BCUT2D eigenvalue weighted by Gasteiger charge is 2.39. The van der Waals surface area contributed by atoms with E-state index in [2.05, 4.69) is 15.6 Å². The van der Waals surface area contributed by atoms with Gasteiger partial charge in [0.1, 0.15) is 12.0 Å². The molecule has 5 rings (SSSR count). The van der Waals surface area contributed by atoms with E-state index in [0.717, 1.165) is 12.8 Å². The Kier molecular flexibility index (Phi) is 4.09. The van der Waals surface area contributed by atoms with E-state index in [0.29, 0.717) is 60.6 Å². The molecule has 8 heteroatoms. The number of morpholine rings is 1. The van der Waals surface area contributed by atoms with Gasteiger partial charge in [-0.2, -0.15) is 0 Å². The highest BCUT2D eigenvalue weighted by molar-refractivity contribution is 6.07. The molecule has 3 atom stereocenters. The van der Waals surface area contributed by atoms with Gasteiger partial charge in [-0.1, -0.05) is 0 Å². The van der Waals surface area contributed by atoms with Crippen molar-refractivity contribution < 1.29 is 18.7 Å². The van der Waals surface area contributed by atoms with Crippen LogP contribution in [0.2, 0.25) is 0 Å². The molecule has 0 spiro atoms. The van der Waals surface area contributed by atoms with Crippen LogP contribution in [0.4, 0.5) is 0 Å². The summed E-state index contributed by atoms with van der Waals surface area (Å²) in [7, 11) is 0. The van der Waals surface area contributed by atoms with Crippen LogP contribution in [0.1, 0.15) is 40.1 Å². The Labute approximate surface area is 156 Å². The zero-order valence-corrected chi connectivity index (χ0v) is 14.9. The Hall–Kier alpha value is -2.45. The second-order valence-electron chi connectivity index (χ2n) is 7.48. The average molecular weight is 370 g/mol. The van der Waals surface area contributed by atoms with E-state index in [1.807, 2.05) is 0 Å². The lowest BCUT2D eigenvalue weighted by atomic mass is 9.95. The first-order chi connectivity index (χ1) is 13.2. The number of nitrogens with zero attached hydrogens (tertiary/aromatic N) is 2. The zero-order chi connectivity index (χ0) is 18.4. The Morgan fingerprint density at radius 2 is 2.11 bits per heavy atom. The first kappa shape index (κ1) is 16.7. The summed E-state index contributed by atoms with van der Waals surface area (Å²) in [5.74, 6) is -0.311. The molecule has 2 bridgehead atoms. The van der Waals surface area contributed by atoms with Crippen molar-refractivity contribution in [3.63, 3.8) is 0 Å². The second-order valence-corrected chi connectivity index (χ2v) is 7.48. The van der Waals surface area contributed by atoms with Crippen LogP contribution in [-0.4, -0.2) is 66.1 Å². The minimum Gasteiger partial charge on any atom is -0.462 e. The summed E-state index contributed by atoms with van der Waals surface area (Å²) in [6, 6.07) is 2.67. The molecule has 0 saturated carbocycles. The fraction of sp³-hybridized carbons (Fsp3) is 0.526. The molecule has 27 heavy (non-hydrogen) atoms. The van der Waals surface area contributed by atoms with Crippen molar-refractivity contribution in [2.24, 2.45) is 0 Å². The SMILES string of the molecule is O=C(N[C@@H]1C[C@H]2CC[C@@H]1N2)c1cc2c(C(=O)N3CCOCC3)coc2cn1. The minimum atomic E-state index is -0.206. The van der Waals surface area contributed by atoms with E-state index < -0.39 is 0 Å². The van der Waals surface area contributed by atoms with Crippen molar-refractivity contribution in [1.82, 2.24) is 20.5 Å². The molecule has 0 unspecified atom stereocenters. The van der Waals surface area contributed by atoms with Crippen LogP contribution in [0.15, 0.2) is 22.9 Å². The minimum absolute atomic E-state index is 0.105. The summed E-state index contributed by atoms with van der Waals surface area (Å²) in [6.45, 7) is 2.19. The summed E-state index contributed by atoms with van der Waals surface area (Å²) < 4.78 is 10.8. The Morgan fingerprint density at radius 3 is 2.85 bits per heavy atom. The van der Waals surface area contributed by atoms with Crippen molar-refractivity contribution in [2.75, 3.05) is 26.3 Å². The van der Waals surface area contributed by atoms with Gasteiger partial charge >= 0.3 is 0 Å². The lowest BCUT2D eigenvalue weighted by Gasteiger charge is -2.26. The van der Waals surface area contributed by atoms with Crippen molar-refractivity contribution >= 4 is 22.8 Å². The monoisotopic (exact) mass is 370 g/mol. The normalized spacial score (nSPS) is 27.3. The smallest absolute Gasteiger partial charge is 0.270 e. The summed E-state index contributed by atoms with van der Waals surface area (Å²) in [5.41, 5.74) is 1.28. The molecule has 2 aromatic rings. The van der Waals surface area contributed by atoms with Crippen molar-refractivity contribution in [3.05, 3.63) is 29.8 Å². The second kappa shape index (κ2) is 6.61. The number of carbonyl (C=O) groups excluding carboxylic acids is 2. The Bertz CT molecular complexity index is 889. The predicted octanol–water partition coefficient (Wildman–Crippen LogP) is 0.923. The standard InChI is InChI=1S/C19H22N4O4/c24-18(22-15-7-11-1-2-14(15)21-11)16-8-12-13(10-27-17(12)9-20-16)19(25)23-3-5-26-6-4-23/h8-11,14-15,21H,1-7H2,(H,22,24)/t11-,14+,15-/m1/s1. The van der Waals surface area contributed by atoms with E-state index in [-0.39, 0.29) is 17.9 Å². The molecular weight excluding hydrogens is 348 g/mol. The van der Waals surface area contributed by atoms with Gasteiger partial charge < -0.3 is 24.7 Å². The highest BCUT2D eigenvalue weighted by Crippen LogP contribution is 2.28. The van der Waals surface area contributed by atoms with Crippen molar-refractivity contribution in [3.8, 4) is 0 Å². The lowest BCUT2D eigenvalue weighted by Crippen LogP contribution is -2.43. The van der Waals surface area contributed by atoms with Gasteiger partial charge in [-0.05, 0) is 25.3 Å². The fourth-order valence-corrected chi connectivity index (χ4v) is 4.39. The van der Waals surface area contributed by atoms with E-state index >= 15 is 0 Å². The van der Waals surface area contributed by atoms with Crippen LogP contribution in [0.5, 0.6) is 0 Å². The number of rotatable bonds is 3. The quantitative estimate of drug-likeness (QED) is 0.834. The number of pyridine rings is 1. The molecule has 3 aliphatic heterocycles. The molecule has 3 aliphatic rings. The molecule has 5 heterocycles. The van der Waals surface area contributed by atoms with Gasteiger partial charge in [0.25, 0.3) is 11.8 Å². The first-order valence-corrected chi connectivity index (χ1v) is 9.50. The van der Waals surface area contributed by atoms with Crippen LogP contribution >= 0.6 is 0 Å². The molecule has 0 aliphatic carbocycles. The Balaban J connectivity index is 1.37. The van der Waals surface area contributed by atoms with Gasteiger partial charge in [-0.15, -0.1) is 0 Å². The van der Waals surface area contributed by atoms with Gasteiger partial charge in [0.15, 0.2) is 5.58 Å². The van der Waals surface area contributed by atoms with E-state index in [1.54, 1.807) is 11.0 Å². The number of aromatic nitrogens is 1. The number of fused-ring (bicyclic) bond motifs is 3. The molecular formula is C19H22N4O4. The lowest BCUT2D eigenvalue weighted by molar-refractivity contribution is 0.0303. The van der Waals surface area contributed by atoms with Crippen LogP contribution < -0.4 is 10.6 Å². The van der Waals surface area contributed by atoms with Crippen molar-refractivity contribution in [2.45, 2.75) is 37.4 Å². The van der Waals surface area contributed by atoms with E-state index in [4.69, 9.17) is 9.15 Å². The summed E-state index contributed by atoms with van der Waals surface area (Å²) in [6.07, 6.45) is 6.21. The van der Waals surface area contributed by atoms with Crippen LogP contribution in [0.3, 0.4) is 0 Å². The number of ether oxygens (including phenoxy) is 1. The van der Waals surface area contributed by atoms with Gasteiger partial charge in [0.2, 0.25) is 0 Å². The highest BCUT2D eigenvalue weighted by atomic mass is 16.5. The largest absolute Gasteiger partial charge is 0.462 e. The maximum Gasteiger partial charge on any atom is 0.270 e. The first-order valence-electron chi connectivity index (χ1n) is 9.50. The Morgan fingerprint density at radius 1 is 1.26 bits per heavy atom. The number of carbonyl (C=O) groups is 2. The van der Waals surface area contributed by atoms with Crippen LogP contribution in [0.25, 0.3) is 11.0 Å². The predicted molar refractivity (Wildman–Crippen MR) is 96.5 cm³/mol. The van der Waals surface area contributed by atoms with Crippen LogP contribution in [0, 0.1) is 0 Å². The molecule has 3 saturated heterocycles. The molecule has 142 valence electrons. The van der Waals surface area contributed by atoms with Gasteiger partial charge in [0.05, 0.1) is 25.0 Å². The number of furan rings is 1.